The Morgan fingerprint density at radius 2 is 2.42 bits per heavy atom. The van der Waals surface area contributed by atoms with Crippen molar-refractivity contribution in [3.8, 4) is 0 Å². The average molecular weight is 171 g/mol. The molecule has 0 aliphatic rings. The fraction of sp³-hybridized carbons (Fsp3) is 0.571. The number of methoxy groups -OCH3 is 1. The molecule has 0 spiro atoms. The van der Waals surface area contributed by atoms with Gasteiger partial charge >= 0.3 is 12.2 Å². The molecule has 0 amide bonds. The number of nitrogens with zero attached hydrogens (tertiary/aromatic N) is 2. The second-order valence-electron chi connectivity index (χ2n) is 2.36. The first-order chi connectivity index (χ1) is 5.61. The molecule has 1 atom stereocenters. The minimum atomic E-state index is -0.437. The van der Waals surface area contributed by atoms with E-state index in [4.69, 9.17) is 10.5 Å². The van der Waals surface area contributed by atoms with E-state index in [0.717, 1.165) is 6.20 Å². The Kier molecular flexibility index (Phi) is 4.46. The maximum absolute atomic E-state index is 10.8. The van der Waals surface area contributed by atoms with Crippen molar-refractivity contribution >= 4 is 5.97 Å². The van der Waals surface area contributed by atoms with Crippen molar-refractivity contribution in [2.24, 2.45) is 5.92 Å². The lowest BCUT2D eigenvalue weighted by molar-refractivity contribution is -0.144. The summed E-state index contributed by atoms with van der Waals surface area (Å²) in [5, 5.41) is 17.0. The Hall–Kier alpha value is -1.57. The van der Waals surface area contributed by atoms with E-state index in [1.54, 1.807) is 6.92 Å². The van der Waals surface area contributed by atoms with Crippen LogP contribution in [-0.4, -0.2) is 18.2 Å². The summed E-state index contributed by atoms with van der Waals surface area (Å²) in [5.41, 5.74) is 0. The van der Waals surface area contributed by atoms with Gasteiger partial charge in [0.05, 0.1) is 13.0 Å². The molecule has 0 aromatic heterocycles. The van der Waals surface area contributed by atoms with Gasteiger partial charge in [-0.15, -0.1) is 0 Å². The van der Waals surface area contributed by atoms with Crippen LogP contribution in [0.5, 0.6) is 0 Å². The number of carbonyl (C=O) groups excluding carboxylic acids is 1. The quantitative estimate of drug-likeness (QED) is 0.396. The van der Waals surface area contributed by atoms with Gasteiger partial charge in [-0.05, 0) is 0 Å². The monoisotopic (exact) mass is 171 g/mol. The van der Waals surface area contributed by atoms with Gasteiger partial charge in [-0.25, -0.2) is 0 Å². The van der Waals surface area contributed by atoms with Crippen LogP contribution in [0.1, 0.15) is 13.3 Å². The zero-order chi connectivity index (χ0) is 9.56. The third-order valence-corrected chi connectivity index (χ3v) is 1.33. The lowest BCUT2D eigenvalue weighted by Gasteiger charge is -2.05. The largest absolute Gasteiger partial charge is 0.505 e. The molecule has 0 aromatic carbocycles. The molecule has 0 rings (SSSR count). The number of hydrogen-bond acceptors (Lipinski definition) is 4. The highest BCUT2D eigenvalue weighted by molar-refractivity contribution is 5.72. The summed E-state index contributed by atoms with van der Waals surface area (Å²) in [6.45, 7) is 1.60. The number of diazo groups is 1. The fourth-order valence-corrected chi connectivity index (χ4v) is 0.718. The highest BCUT2D eigenvalue weighted by Gasteiger charge is 2.16. The summed E-state index contributed by atoms with van der Waals surface area (Å²) in [7, 11) is 1.27. The summed E-state index contributed by atoms with van der Waals surface area (Å²) in [4.78, 5) is 13.4. The van der Waals surface area contributed by atoms with Crippen LogP contribution < -0.4 is 0 Å². The van der Waals surface area contributed by atoms with Crippen LogP contribution in [-0.2, 0) is 9.53 Å². The van der Waals surface area contributed by atoms with Crippen LogP contribution in [0.2, 0.25) is 0 Å². The average Bonchev–Trinajstić information content (AvgIpc) is 2.03. The maximum Gasteiger partial charge on any atom is 0.387 e. The van der Waals surface area contributed by atoms with Gasteiger partial charge in [-0.1, -0.05) is 6.92 Å². The van der Waals surface area contributed by atoms with E-state index in [-0.39, 0.29) is 12.2 Å². The van der Waals surface area contributed by atoms with Crippen LogP contribution in [0.3, 0.4) is 0 Å². The molecule has 0 aromatic rings. The molecule has 5 heteroatoms. The molecule has 12 heavy (non-hydrogen) atoms. The van der Waals surface area contributed by atoms with Crippen molar-refractivity contribution in [3.63, 3.8) is 0 Å². The molecule has 0 radical (unpaired) electrons. The molecule has 66 valence electrons. The predicted molar refractivity (Wildman–Crippen MR) is 41.6 cm³/mol. The number of rotatable bonds is 3. The summed E-state index contributed by atoms with van der Waals surface area (Å²) in [6.07, 6.45) is 0.982. The Bertz CT molecular complexity index is 229. The van der Waals surface area contributed by atoms with Gasteiger partial charge in [0.1, 0.15) is 0 Å². The molecule has 0 aliphatic heterocycles. The van der Waals surface area contributed by atoms with Crippen LogP contribution in [0, 0.1) is 11.3 Å². The van der Waals surface area contributed by atoms with Crippen molar-refractivity contribution in [2.45, 2.75) is 13.3 Å². The van der Waals surface area contributed by atoms with Gasteiger partial charge in [0.15, 0.2) is 10.7 Å². The van der Waals surface area contributed by atoms with Crippen LogP contribution >= 0.6 is 0 Å². The van der Waals surface area contributed by atoms with Crippen molar-refractivity contribution in [1.82, 2.24) is 0 Å². The zero-order valence-corrected chi connectivity index (χ0v) is 7.02. The number of aliphatic hydroxyl groups excluding tert-OH is 1. The number of ether oxygens (including phenoxy) is 1. The molecule has 0 heterocycles. The number of esters is 1. The second-order valence-corrected chi connectivity index (χ2v) is 2.36. The van der Waals surface area contributed by atoms with Gasteiger partial charge < -0.3 is 9.84 Å². The molecule has 0 fully saturated rings. The number of allylic oxidation sites excluding steroid dienone is 1. The zero-order valence-electron chi connectivity index (χ0n) is 7.02. The maximum atomic E-state index is 10.8. The number of aliphatic hydroxyl groups is 1. The van der Waals surface area contributed by atoms with E-state index in [1.165, 1.54) is 7.11 Å². The van der Waals surface area contributed by atoms with Crippen LogP contribution in [0.25, 0.3) is 4.98 Å². The molecular formula is C7H11N2O3+. The minimum absolute atomic E-state index is 0.108. The normalized spacial score (nSPS) is 13.2. The van der Waals surface area contributed by atoms with Crippen molar-refractivity contribution < 1.29 is 14.6 Å². The molecule has 0 bridgehead atoms. The van der Waals surface area contributed by atoms with E-state index in [1.807, 2.05) is 0 Å². The van der Waals surface area contributed by atoms with Crippen molar-refractivity contribution in [3.05, 3.63) is 16.9 Å². The van der Waals surface area contributed by atoms with Gasteiger partial charge in [0, 0.05) is 6.42 Å². The molecule has 0 saturated carbocycles. The third-order valence-electron chi connectivity index (χ3n) is 1.33. The first kappa shape index (κ1) is 10.4. The van der Waals surface area contributed by atoms with E-state index in [2.05, 4.69) is 9.71 Å². The molecular weight excluding hydrogens is 160 g/mol. The second kappa shape index (κ2) is 5.13. The van der Waals surface area contributed by atoms with Crippen LogP contribution in [0.15, 0.2) is 12.0 Å². The first-order valence-corrected chi connectivity index (χ1v) is 3.41. The Balaban J connectivity index is 4.02. The van der Waals surface area contributed by atoms with Gasteiger partial charge in [0.25, 0.3) is 0 Å². The summed E-state index contributed by atoms with van der Waals surface area (Å²) >= 11 is 0. The molecule has 0 saturated heterocycles. The Morgan fingerprint density at radius 1 is 1.83 bits per heavy atom. The summed E-state index contributed by atoms with van der Waals surface area (Å²) in [6, 6.07) is 0. The Morgan fingerprint density at radius 3 is 2.83 bits per heavy atom. The smallest absolute Gasteiger partial charge is 0.387 e. The van der Waals surface area contributed by atoms with Gasteiger partial charge in [-0.2, -0.15) is 0 Å². The SMILES string of the molecule is COC(=O)C(C)CC(O)=C[N+]#N. The van der Waals surface area contributed by atoms with Crippen LogP contribution in [0.4, 0.5) is 0 Å². The standard InChI is InChI=1S/C7H10N2O3/c1-5(7(11)12-2)3-6(10)4-9-8/h4-5H,3H2,1-2H3/p+1. The predicted octanol–water partition coefficient (Wildman–Crippen LogP) is 1.44. The van der Waals surface area contributed by atoms with E-state index >= 15 is 0 Å². The topological polar surface area (TPSA) is 74.7 Å². The van der Waals surface area contributed by atoms with E-state index in [0.29, 0.717) is 0 Å². The minimum Gasteiger partial charge on any atom is -0.505 e. The molecule has 1 N–H and O–H groups in total. The highest BCUT2D eigenvalue weighted by atomic mass is 16.5. The lowest BCUT2D eigenvalue weighted by atomic mass is 10.1. The highest BCUT2D eigenvalue weighted by Crippen LogP contribution is 2.10. The summed E-state index contributed by atoms with van der Waals surface area (Å²) < 4.78 is 4.42. The number of carbonyl (C=O) groups is 1. The van der Waals surface area contributed by atoms with E-state index < -0.39 is 11.9 Å². The molecule has 0 aliphatic carbocycles. The van der Waals surface area contributed by atoms with Gasteiger partial charge in [0.2, 0.25) is 5.39 Å². The van der Waals surface area contributed by atoms with E-state index in [9.17, 15) is 4.79 Å². The van der Waals surface area contributed by atoms with Crippen molar-refractivity contribution in [2.75, 3.05) is 7.11 Å². The molecule has 1 unspecified atom stereocenters. The van der Waals surface area contributed by atoms with Crippen molar-refractivity contribution in [1.29, 1.82) is 5.39 Å². The first-order valence-electron chi connectivity index (χ1n) is 3.41. The summed E-state index contributed by atoms with van der Waals surface area (Å²) in [5.74, 6) is -1.00. The lowest BCUT2D eigenvalue weighted by Crippen LogP contribution is -2.13. The Labute approximate surface area is 70.3 Å². The van der Waals surface area contributed by atoms with Gasteiger partial charge in [-0.3, -0.25) is 4.79 Å². The fourth-order valence-electron chi connectivity index (χ4n) is 0.718. The number of hydrogen-bond donors (Lipinski definition) is 1. The molecule has 5 nitrogen and oxygen atoms in total. The third kappa shape index (κ3) is 3.56.